The van der Waals surface area contributed by atoms with E-state index < -0.39 is 23.8 Å². The Labute approximate surface area is 128 Å². The van der Waals surface area contributed by atoms with Gasteiger partial charge in [0.2, 0.25) is 5.91 Å². The molecule has 0 spiro atoms. The van der Waals surface area contributed by atoms with Crippen molar-refractivity contribution in [3.8, 4) is 0 Å². The van der Waals surface area contributed by atoms with Gasteiger partial charge in [0, 0.05) is 23.5 Å². The second kappa shape index (κ2) is 7.06. The maximum absolute atomic E-state index is 12.3. The number of carbonyl (C=O) groups excluding carboxylic acids is 3. The number of ether oxygens (including phenoxy) is 1. The number of benzene rings is 1. The lowest BCUT2D eigenvalue weighted by molar-refractivity contribution is -0.313. The van der Waals surface area contributed by atoms with E-state index in [1.54, 1.807) is 24.3 Å². The van der Waals surface area contributed by atoms with Crippen LogP contribution >= 0.6 is 0 Å². The summed E-state index contributed by atoms with van der Waals surface area (Å²) in [7, 11) is 1.29. The monoisotopic (exact) mass is 304 g/mol. The first-order chi connectivity index (χ1) is 10.5. The fourth-order valence-electron chi connectivity index (χ4n) is 2.77. The molecule has 1 fully saturated rings. The van der Waals surface area contributed by atoms with E-state index >= 15 is 0 Å². The van der Waals surface area contributed by atoms with Crippen molar-refractivity contribution in [2.45, 2.75) is 25.7 Å². The minimum Gasteiger partial charge on any atom is -0.550 e. The molecule has 0 radical (unpaired) electrons. The summed E-state index contributed by atoms with van der Waals surface area (Å²) in [6, 6.07) is 6.25. The molecule has 0 saturated heterocycles. The zero-order valence-corrected chi connectivity index (χ0v) is 12.3. The number of methoxy groups -OCH3 is 1. The van der Waals surface area contributed by atoms with Crippen molar-refractivity contribution >= 4 is 23.5 Å². The summed E-state index contributed by atoms with van der Waals surface area (Å²) in [6.07, 6.45) is 2.66. The van der Waals surface area contributed by atoms with Crippen molar-refractivity contribution in [3.05, 3.63) is 29.8 Å². The predicted molar refractivity (Wildman–Crippen MR) is 76.9 cm³/mol. The van der Waals surface area contributed by atoms with Gasteiger partial charge in [-0.15, -0.1) is 0 Å². The zero-order chi connectivity index (χ0) is 16.1. The number of aliphatic carboxylic acids is 1. The Morgan fingerprint density at radius 3 is 2.23 bits per heavy atom. The van der Waals surface area contributed by atoms with Crippen LogP contribution in [0.3, 0.4) is 0 Å². The van der Waals surface area contributed by atoms with Gasteiger partial charge in [0.15, 0.2) is 0 Å². The van der Waals surface area contributed by atoms with Gasteiger partial charge in [0.25, 0.3) is 0 Å². The first kappa shape index (κ1) is 16.0. The maximum Gasteiger partial charge on any atom is 0.337 e. The predicted octanol–water partition coefficient (Wildman–Crippen LogP) is 0.968. The molecule has 2 atom stereocenters. The highest BCUT2D eigenvalue weighted by atomic mass is 16.5. The van der Waals surface area contributed by atoms with Crippen LogP contribution in [0.1, 0.15) is 36.0 Å². The van der Waals surface area contributed by atoms with Gasteiger partial charge in [0.1, 0.15) is 0 Å². The van der Waals surface area contributed by atoms with Gasteiger partial charge < -0.3 is 20.0 Å². The molecule has 118 valence electrons. The number of hydrogen-bond donors (Lipinski definition) is 1. The summed E-state index contributed by atoms with van der Waals surface area (Å²) in [5.41, 5.74) is 0.895. The Kier molecular flexibility index (Phi) is 5.14. The standard InChI is InChI=1S/C16H19NO5/c1-22-16(21)10-6-8-11(9-7-10)17-14(18)12-4-2-3-5-13(12)15(19)20/h6-9,12-13H,2-5H2,1H3,(H,17,18)(H,19,20)/p-1/t12-,13+/m1/s1. The molecule has 0 heterocycles. The normalized spacial score (nSPS) is 21.0. The van der Waals surface area contributed by atoms with Crippen molar-refractivity contribution in [2.75, 3.05) is 12.4 Å². The molecule has 0 aromatic heterocycles. The minimum absolute atomic E-state index is 0.320. The van der Waals surface area contributed by atoms with Crippen LogP contribution < -0.4 is 10.4 Å². The van der Waals surface area contributed by atoms with E-state index in [0.29, 0.717) is 24.1 Å². The van der Waals surface area contributed by atoms with Gasteiger partial charge in [-0.2, -0.15) is 0 Å². The minimum atomic E-state index is -1.17. The lowest BCUT2D eigenvalue weighted by Crippen LogP contribution is -2.42. The molecule has 6 nitrogen and oxygen atoms in total. The molecule has 0 bridgehead atoms. The molecule has 2 rings (SSSR count). The molecular formula is C16H18NO5-. The Hall–Kier alpha value is -2.37. The number of hydrogen-bond acceptors (Lipinski definition) is 5. The molecule has 1 aliphatic rings. The van der Waals surface area contributed by atoms with Gasteiger partial charge in [-0.3, -0.25) is 4.79 Å². The summed E-state index contributed by atoms with van der Waals surface area (Å²) in [5.74, 6) is -3.25. The first-order valence-corrected chi connectivity index (χ1v) is 7.23. The molecular weight excluding hydrogens is 286 g/mol. The Balaban J connectivity index is 2.04. The van der Waals surface area contributed by atoms with Crippen LogP contribution in [0.5, 0.6) is 0 Å². The second-order valence-corrected chi connectivity index (χ2v) is 5.37. The topological polar surface area (TPSA) is 95.5 Å². The quantitative estimate of drug-likeness (QED) is 0.836. The number of carbonyl (C=O) groups is 3. The lowest BCUT2D eigenvalue weighted by atomic mass is 9.78. The van der Waals surface area contributed by atoms with Crippen LogP contribution in [0.25, 0.3) is 0 Å². The highest BCUT2D eigenvalue weighted by Gasteiger charge is 2.31. The number of carboxylic acids is 1. The Morgan fingerprint density at radius 2 is 1.68 bits per heavy atom. The van der Waals surface area contributed by atoms with Crippen molar-refractivity contribution in [1.82, 2.24) is 0 Å². The summed E-state index contributed by atoms with van der Waals surface area (Å²) in [5, 5.41) is 13.8. The molecule has 6 heteroatoms. The number of amides is 1. The first-order valence-electron chi connectivity index (χ1n) is 7.23. The Morgan fingerprint density at radius 1 is 1.09 bits per heavy atom. The number of nitrogens with one attached hydrogen (secondary N) is 1. The molecule has 22 heavy (non-hydrogen) atoms. The van der Waals surface area contributed by atoms with Crippen molar-refractivity contribution < 1.29 is 24.2 Å². The van der Waals surface area contributed by atoms with E-state index in [1.807, 2.05) is 0 Å². The number of anilines is 1. The molecule has 1 saturated carbocycles. The highest BCUT2D eigenvalue weighted by Crippen LogP contribution is 2.30. The van der Waals surface area contributed by atoms with Gasteiger partial charge in [0.05, 0.1) is 12.7 Å². The molecule has 1 aromatic carbocycles. The van der Waals surface area contributed by atoms with Crippen LogP contribution in [0, 0.1) is 11.8 Å². The zero-order valence-electron chi connectivity index (χ0n) is 12.3. The van der Waals surface area contributed by atoms with E-state index in [-0.39, 0.29) is 5.91 Å². The third-order valence-electron chi connectivity index (χ3n) is 3.98. The molecule has 1 aromatic rings. The van der Waals surface area contributed by atoms with E-state index in [4.69, 9.17) is 0 Å². The number of esters is 1. The smallest absolute Gasteiger partial charge is 0.337 e. The van der Waals surface area contributed by atoms with Gasteiger partial charge in [-0.1, -0.05) is 12.8 Å². The summed E-state index contributed by atoms with van der Waals surface area (Å²) in [6.45, 7) is 0. The fraction of sp³-hybridized carbons (Fsp3) is 0.438. The van der Waals surface area contributed by atoms with E-state index in [2.05, 4.69) is 10.1 Å². The van der Waals surface area contributed by atoms with Crippen molar-refractivity contribution in [3.63, 3.8) is 0 Å². The van der Waals surface area contributed by atoms with Crippen LogP contribution in [0.4, 0.5) is 5.69 Å². The summed E-state index contributed by atoms with van der Waals surface area (Å²) < 4.78 is 4.59. The average Bonchev–Trinajstić information content (AvgIpc) is 2.54. The third kappa shape index (κ3) is 3.63. The SMILES string of the molecule is COC(=O)c1ccc(NC(=O)[C@@H]2CCCC[C@@H]2C(=O)[O-])cc1. The van der Waals surface area contributed by atoms with E-state index in [9.17, 15) is 19.5 Å². The van der Waals surface area contributed by atoms with Crippen molar-refractivity contribution in [1.29, 1.82) is 0 Å². The molecule has 0 unspecified atom stereocenters. The third-order valence-corrected chi connectivity index (χ3v) is 3.98. The van der Waals surface area contributed by atoms with Crippen LogP contribution in [0.15, 0.2) is 24.3 Å². The fourth-order valence-corrected chi connectivity index (χ4v) is 2.77. The molecule has 1 aliphatic carbocycles. The molecule has 1 amide bonds. The van der Waals surface area contributed by atoms with Gasteiger partial charge in [-0.05, 0) is 37.1 Å². The number of carboxylic acid groups (broad SMARTS) is 1. The van der Waals surface area contributed by atoms with E-state index in [0.717, 1.165) is 12.8 Å². The average molecular weight is 304 g/mol. The van der Waals surface area contributed by atoms with Crippen LogP contribution in [0.2, 0.25) is 0 Å². The van der Waals surface area contributed by atoms with Crippen molar-refractivity contribution in [2.24, 2.45) is 11.8 Å². The largest absolute Gasteiger partial charge is 0.550 e. The van der Waals surface area contributed by atoms with Gasteiger partial charge >= 0.3 is 5.97 Å². The van der Waals surface area contributed by atoms with Crippen LogP contribution in [-0.4, -0.2) is 25.0 Å². The molecule has 1 N–H and O–H groups in total. The lowest BCUT2D eigenvalue weighted by Gasteiger charge is -2.31. The Bertz CT molecular complexity index is 566. The number of rotatable bonds is 4. The summed E-state index contributed by atoms with van der Waals surface area (Å²) in [4.78, 5) is 34.7. The molecule has 0 aliphatic heterocycles. The highest BCUT2D eigenvalue weighted by molar-refractivity contribution is 5.96. The maximum atomic E-state index is 12.3. The van der Waals surface area contributed by atoms with E-state index in [1.165, 1.54) is 7.11 Å². The summed E-state index contributed by atoms with van der Waals surface area (Å²) >= 11 is 0. The second-order valence-electron chi connectivity index (χ2n) is 5.37. The van der Waals surface area contributed by atoms with Crippen LogP contribution in [-0.2, 0) is 14.3 Å². The van der Waals surface area contributed by atoms with Gasteiger partial charge in [-0.25, -0.2) is 4.79 Å².